The molecule has 4 rings (SSSR count). The van der Waals surface area contributed by atoms with E-state index in [9.17, 15) is 25.2 Å². The lowest BCUT2D eigenvalue weighted by Crippen LogP contribution is -2.61. The molecule has 4 N–H and O–H groups in total. The van der Waals surface area contributed by atoms with Crippen LogP contribution in [0.3, 0.4) is 0 Å². The molecule has 8 nitrogen and oxygen atoms in total. The van der Waals surface area contributed by atoms with Crippen LogP contribution in [0.5, 0.6) is 11.5 Å². The van der Waals surface area contributed by atoms with Crippen LogP contribution < -0.4 is 9.47 Å². The molecular formula is C28H30O8. The topological polar surface area (TPSA) is 126 Å². The van der Waals surface area contributed by atoms with Gasteiger partial charge in [0.05, 0.1) is 0 Å². The molecule has 5 unspecified atom stereocenters. The third-order valence-electron chi connectivity index (χ3n) is 6.47. The number of hydrogen-bond donors (Lipinski definition) is 4. The molecule has 3 aromatic rings. The third kappa shape index (κ3) is 5.52. The van der Waals surface area contributed by atoms with Crippen molar-refractivity contribution in [3.63, 3.8) is 0 Å². The highest BCUT2D eigenvalue weighted by Crippen LogP contribution is 2.34. The van der Waals surface area contributed by atoms with E-state index in [4.69, 9.17) is 14.2 Å². The van der Waals surface area contributed by atoms with Crippen molar-refractivity contribution in [1.82, 2.24) is 0 Å². The maximum Gasteiger partial charge on any atom is 0.335 e. The molecule has 3 aromatic carbocycles. The van der Waals surface area contributed by atoms with Gasteiger partial charge in [-0.05, 0) is 41.0 Å². The Labute approximate surface area is 209 Å². The van der Waals surface area contributed by atoms with Crippen molar-refractivity contribution < 1.29 is 39.4 Å². The lowest BCUT2D eigenvalue weighted by Gasteiger charge is -2.38. The SMILES string of the molecule is CC(C)(c1ccc(OCc2ccccc2)cc1)c1ccc(OC2OC(C(=O)O)C(O)C(O)C2O)cc1. The first-order valence-corrected chi connectivity index (χ1v) is 11.6. The molecule has 1 aliphatic rings. The summed E-state index contributed by atoms with van der Waals surface area (Å²) in [5.41, 5.74) is 2.83. The van der Waals surface area contributed by atoms with E-state index in [-0.39, 0.29) is 5.41 Å². The van der Waals surface area contributed by atoms with Gasteiger partial charge in [0.1, 0.15) is 36.4 Å². The van der Waals surface area contributed by atoms with Crippen LogP contribution in [0.4, 0.5) is 0 Å². The summed E-state index contributed by atoms with van der Waals surface area (Å²) in [6.07, 6.45) is -8.27. The summed E-state index contributed by atoms with van der Waals surface area (Å²) in [5, 5.41) is 39.1. The van der Waals surface area contributed by atoms with Gasteiger partial charge in [0, 0.05) is 5.41 Å². The summed E-state index contributed by atoms with van der Waals surface area (Å²) in [4.78, 5) is 11.3. The molecule has 0 amide bonds. The molecule has 0 aromatic heterocycles. The van der Waals surface area contributed by atoms with Gasteiger partial charge in [0.2, 0.25) is 6.29 Å². The minimum atomic E-state index is -1.77. The van der Waals surface area contributed by atoms with Gasteiger partial charge >= 0.3 is 5.97 Å². The third-order valence-corrected chi connectivity index (χ3v) is 6.47. The summed E-state index contributed by atoms with van der Waals surface area (Å²) >= 11 is 0. The van der Waals surface area contributed by atoms with Crippen LogP contribution in [0.2, 0.25) is 0 Å². The van der Waals surface area contributed by atoms with E-state index >= 15 is 0 Å². The van der Waals surface area contributed by atoms with Crippen molar-refractivity contribution in [1.29, 1.82) is 0 Å². The molecule has 1 saturated heterocycles. The molecule has 0 spiro atoms. The van der Waals surface area contributed by atoms with E-state index in [1.165, 1.54) is 0 Å². The van der Waals surface area contributed by atoms with Gasteiger partial charge in [0.25, 0.3) is 0 Å². The fourth-order valence-electron chi connectivity index (χ4n) is 4.11. The van der Waals surface area contributed by atoms with Crippen LogP contribution in [0.15, 0.2) is 78.9 Å². The highest BCUT2D eigenvalue weighted by atomic mass is 16.7. The summed E-state index contributed by atoms with van der Waals surface area (Å²) in [7, 11) is 0. The number of carboxylic acids is 1. The molecule has 1 aliphatic heterocycles. The zero-order valence-corrected chi connectivity index (χ0v) is 20.0. The van der Waals surface area contributed by atoms with Crippen molar-refractivity contribution in [3.05, 3.63) is 95.6 Å². The quantitative estimate of drug-likeness (QED) is 0.377. The number of carboxylic acid groups (broad SMARTS) is 1. The fraction of sp³-hybridized carbons (Fsp3) is 0.321. The number of ether oxygens (including phenoxy) is 3. The molecule has 1 heterocycles. The highest BCUT2D eigenvalue weighted by Gasteiger charge is 2.48. The second-order valence-corrected chi connectivity index (χ2v) is 9.30. The lowest BCUT2D eigenvalue weighted by atomic mass is 9.78. The van der Waals surface area contributed by atoms with Crippen LogP contribution in [0.1, 0.15) is 30.5 Å². The zero-order chi connectivity index (χ0) is 25.9. The summed E-state index contributed by atoms with van der Waals surface area (Å²) in [6.45, 7) is 4.67. The molecular weight excluding hydrogens is 464 g/mol. The maximum absolute atomic E-state index is 11.3. The maximum atomic E-state index is 11.3. The Morgan fingerprint density at radius 2 is 1.36 bits per heavy atom. The predicted octanol–water partition coefficient (Wildman–Crippen LogP) is 2.86. The fourth-order valence-corrected chi connectivity index (χ4v) is 4.11. The average molecular weight is 495 g/mol. The molecule has 0 saturated carbocycles. The van der Waals surface area contributed by atoms with E-state index in [1.807, 2.05) is 66.7 Å². The van der Waals surface area contributed by atoms with Crippen LogP contribution >= 0.6 is 0 Å². The number of carbonyl (C=O) groups is 1. The summed E-state index contributed by atoms with van der Waals surface area (Å²) in [5.74, 6) is -0.369. The van der Waals surface area contributed by atoms with Crippen LogP contribution in [-0.2, 0) is 21.6 Å². The first kappa shape index (κ1) is 25.7. The Kier molecular flexibility index (Phi) is 7.61. The number of rotatable bonds is 8. The Balaban J connectivity index is 1.41. The van der Waals surface area contributed by atoms with E-state index in [2.05, 4.69) is 13.8 Å². The largest absolute Gasteiger partial charge is 0.489 e. The van der Waals surface area contributed by atoms with Crippen LogP contribution in [-0.4, -0.2) is 57.1 Å². The van der Waals surface area contributed by atoms with Gasteiger partial charge in [0.15, 0.2) is 6.10 Å². The number of hydrogen-bond acceptors (Lipinski definition) is 7. The van der Waals surface area contributed by atoms with Crippen molar-refractivity contribution in [3.8, 4) is 11.5 Å². The smallest absolute Gasteiger partial charge is 0.335 e. The van der Waals surface area contributed by atoms with Crippen molar-refractivity contribution >= 4 is 5.97 Å². The van der Waals surface area contributed by atoms with Crippen molar-refractivity contribution in [2.75, 3.05) is 0 Å². The van der Waals surface area contributed by atoms with Gasteiger partial charge in [-0.3, -0.25) is 0 Å². The first-order chi connectivity index (χ1) is 17.2. The molecule has 8 heteroatoms. The Hall–Kier alpha value is -3.43. The predicted molar refractivity (Wildman–Crippen MR) is 131 cm³/mol. The minimum absolute atomic E-state index is 0.316. The number of benzene rings is 3. The molecule has 190 valence electrons. The second kappa shape index (κ2) is 10.7. The first-order valence-electron chi connectivity index (χ1n) is 11.6. The summed E-state index contributed by atoms with van der Waals surface area (Å²) < 4.78 is 16.7. The highest BCUT2D eigenvalue weighted by molar-refractivity contribution is 5.73. The second-order valence-electron chi connectivity index (χ2n) is 9.30. The van der Waals surface area contributed by atoms with Gasteiger partial charge in [-0.1, -0.05) is 68.4 Å². The van der Waals surface area contributed by atoms with Crippen LogP contribution in [0.25, 0.3) is 0 Å². The molecule has 0 radical (unpaired) electrons. The van der Waals surface area contributed by atoms with Crippen molar-refractivity contribution in [2.45, 2.75) is 56.6 Å². The van der Waals surface area contributed by atoms with E-state index in [0.29, 0.717) is 12.4 Å². The zero-order valence-electron chi connectivity index (χ0n) is 20.0. The number of aliphatic hydroxyl groups excluding tert-OH is 3. The Morgan fingerprint density at radius 1 is 0.806 bits per heavy atom. The van der Waals surface area contributed by atoms with Crippen molar-refractivity contribution in [2.24, 2.45) is 0 Å². The molecule has 0 aliphatic carbocycles. The monoisotopic (exact) mass is 494 g/mol. The lowest BCUT2D eigenvalue weighted by molar-refractivity contribution is -0.271. The normalized spacial score (nSPS) is 24.2. The van der Waals surface area contributed by atoms with E-state index in [1.54, 1.807) is 12.1 Å². The summed E-state index contributed by atoms with van der Waals surface area (Å²) in [6, 6.07) is 25.0. The molecule has 0 bridgehead atoms. The molecule has 36 heavy (non-hydrogen) atoms. The minimum Gasteiger partial charge on any atom is -0.489 e. The van der Waals surface area contributed by atoms with E-state index in [0.717, 1.165) is 22.4 Å². The standard InChI is InChI=1S/C28H30O8/c1-28(2,18-8-12-20(13-9-18)34-16-17-6-4-3-5-7-17)19-10-14-21(15-11-19)35-27-24(31)22(29)23(30)25(36-27)26(32)33/h3-15,22-25,27,29-31H,16H2,1-2H3,(H,32,33). The Morgan fingerprint density at radius 3 is 1.92 bits per heavy atom. The Bertz CT molecular complexity index is 1140. The average Bonchev–Trinajstić information content (AvgIpc) is 2.88. The van der Waals surface area contributed by atoms with Crippen LogP contribution in [0, 0.1) is 0 Å². The van der Waals surface area contributed by atoms with E-state index < -0.39 is 36.7 Å². The number of aliphatic carboxylic acids is 1. The molecule has 1 fully saturated rings. The van der Waals surface area contributed by atoms with Gasteiger partial charge in [-0.15, -0.1) is 0 Å². The number of aliphatic hydroxyl groups is 3. The van der Waals surface area contributed by atoms with Gasteiger partial charge in [-0.2, -0.15) is 0 Å². The molecule has 5 atom stereocenters. The van der Waals surface area contributed by atoms with Gasteiger partial charge in [-0.25, -0.2) is 4.79 Å². The van der Waals surface area contributed by atoms with Gasteiger partial charge < -0.3 is 34.6 Å².